The molecule has 2 heterocycles. The van der Waals surface area contributed by atoms with Crippen molar-refractivity contribution in [1.29, 1.82) is 0 Å². The van der Waals surface area contributed by atoms with Gasteiger partial charge in [-0.3, -0.25) is 0 Å². The van der Waals surface area contributed by atoms with E-state index >= 15 is 0 Å². The second-order valence-corrected chi connectivity index (χ2v) is 16.9. The van der Waals surface area contributed by atoms with Crippen LogP contribution in [0.3, 0.4) is 0 Å². The van der Waals surface area contributed by atoms with Crippen LogP contribution in [0.2, 0.25) is 0 Å². The maximum absolute atomic E-state index is 2.56. The maximum atomic E-state index is 2.56. The van der Waals surface area contributed by atoms with Crippen LogP contribution in [0.25, 0.3) is 21.7 Å². The fraction of sp³-hybridized carbons (Fsp3) is 0.167. The maximum Gasteiger partial charge on any atom is -1.00 e. The molecule has 0 aliphatic heterocycles. The molecular formula is C24H24Cl2P2Zr. The monoisotopic (exact) mass is 534 g/mol. The molecule has 0 nitrogen and oxygen atoms in total. The van der Waals surface area contributed by atoms with Gasteiger partial charge in [0.15, 0.2) is 0 Å². The first kappa shape index (κ1) is 24.7. The molecule has 29 heavy (non-hydrogen) atoms. The largest absolute Gasteiger partial charge is 1.00 e. The van der Waals surface area contributed by atoms with Gasteiger partial charge in [-0.25, -0.2) is 0 Å². The van der Waals surface area contributed by atoms with Gasteiger partial charge in [0.25, 0.3) is 0 Å². The van der Waals surface area contributed by atoms with Crippen molar-refractivity contribution >= 4 is 16.3 Å². The Hall–Kier alpha value is -0.537. The molecule has 4 aromatic rings. The van der Waals surface area contributed by atoms with E-state index in [0.29, 0.717) is 0 Å². The van der Waals surface area contributed by atoms with Gasteiger partial charge >= 0.3 is 177 Å². The summed E-state index contributed by atoms with van der Waals surface area (Å²) in [6.07, 6.45) is 0. The molecule has 0 bridgehead atoms. The van der Waals surface area contributed by atoms with Crippen molar-refractivity contribution in [3.8, 4) is 21.7 Å². The van der Waals surface area contributed by atoms with Crippen LogP contribution in [0.4, 0.5) is 0 Å². The summed E-state index contributed by atoms with van der Waals surface area (Å²) in [6.45, 7) is 9.43. The minimum atomic E-state index is -0.708. The van der Waals surface area contributed by atoms with Gasteiger partial charge in [-0.2, -0.15) is 0 Å². The van der Waals surface area contributed by atoms with Gasteiger partial charge in [-0.1, -0.05) is 0 Å². The summed E-state index contributed by atoms with van der Waals surface area (Å²) < 4.78 is 1.72. The molecule has 1 unspecified atom stereocenters. The quantitative estimate of drug-likeness (QED) is 0.371. The Labute approximate surface area is 200 Å². The first-order valence-electron chi connectivity index (χ1n) is 9.32. The molecule has 0 N–H and O–H groups in total. The third-order valence-corrected chi connectivity index (χ3v) is 19.5. The second-order valence-electron chi connectivity index (χ2n) is 7.07. The fourth-order valence-electron chi connectivity index (χ4n) is 3.57. The molecule has 0 spiro atoms. The van der Waals surface area contributed by atoms with E-state index in [2.05, 4.69) is 94.4 Å². The van der Waals surface area contributed by atoms with Crippen molar-refractivity contribution in [3.05, 3.63) is 88.4 Å². The van der Waals surface area contributed by atoms with E-state index < -0.39 is 22.7 Å². The molecular weight excluding hydrogens is 512 g/mol. The van der Waals surface area contributed by atoms with Gasteiger partial charge in [0, 0.05) is 0 Å². The van der Waals surface area contributed by atoms with Gasteiger partial charge in [0.05, 0.1) is 0 Å². The van der Waals surface area contributed by atoms with Crippen LogP contribution in [0.5, 0.6) is 0 Å². The zero-order chi connectivity index (χ0) is 19.0. The molecule has 5 heteroatoms. The first-order valence-corrected chi connectivity index (χ1v) is 16.2. The summed E-state index contributed by atoms with van der Waals surface area (Å²) in [5.74, 6) is 0. The van der Waals surface area contributed by atoms with Crippen molar-refractivity contribution in [2.24, 2.45) is 0 Å². The van der Waals surface area contributed by atoms with E-state index in [0.717, 1.165) is 8.19 Å². The van der Waals surface area contributed by atoms with Gasteiger partial charge in [0.1, 0.15) is 0 Å². The molecule has 0 aliphatic rings. The van der Waals surface area contributed by atoms with E-state index in [4.69, 9.17) is 0 Å². The summed E-state index contributed by atoms with van der Waals surface area (Å²) in [4.78, 5) is -0.0310. The van der Waals surface area contributed by atoms with Crippen molar-refractivity contribution in [3.63, 3.8) is 0 Å². The van der Waals surface area contributed by atoms with Gasteiger partial charge in [0.2, 0.25) is 0 Å². The first-order chi connectivity index (χ1) is 13.1. The third kappa shape index (κ3) is 5.04. The van der Waals surface area contributed by atoms with Crippen LogP contribution in [0.1, 0.15) is 21.7 Å². The van der Waals surface area contributed by atoms with E-state index in [1.807, 2.05) is 0 Å². The van der Waals surface area contributed by atoms with Crippen LogP contribution in [0, 0.1) is 27.7 Å². The smallest absolute Gasteiger partial charge is 1.00 e. The zero-order valence-electron chi connectivity index (χ0n) is 17.1. The Kier molecular flexibility index (Phi) is 9.10. The molecule has 1 atom stereocenters. The SMILES string of the molecule is Cc1c(C)c(C)[p]([Zr+2][c]2cc(-c3ccccc3)[pH]c2-c2ccccc2)c1C.[Cl-].[Cl-]. The molecule has 0 radical (unpaired) electrons. The van der Waals surface area contributed by atoms with Crippen LogP contribution < -0.4 is 28.1 Å². The Morgan fingerprint density at radius 1 is 0.690 bits per heavy atom. The van der Waals surface area contributed by atoms with Crippen LogP contribution in [-0.4, -0.2) is 0 Å². The Morgan fingerprint density at radius 2 is 1.17 bits per heavy atom. The normalized spacial score (nSPS) is 10.3. The molecule has 0 saturated heterocycles. The number of hydrogen-bond donors (Lipinski definition) is 0. The summed E-state index contributed by atoms with van der Waals surface area (Å²) in [6, 6.07) is 24.6. The molecule has 2 aromatic heterocycles. The molecule has 2 aromatic carbocycles. The number of rotatable bonds is 4. The topological polar surface area (TPSA) is 0 Å². The number of hydrogen-bond acceptors (Lipinski definition) is 0. The van der Waals surface area contributed by atoms with E-state index in [9.17, 15) is 0 Å². The fourth-order valence-corrected chi connectivity index (χ4v) is 17.7. The average Bonchev–Trinajstić information content (AvgIpc) is 3.21. The minimum absolute atomic E-state index is 0. The Balaban J connectivity index is 0.00000150. The Morgan fingerprint density at radius 3 is 1.69 bits per heavy atom. The average molecular weight is 537 g/mol. The third-order valence-electron chi connectivity index (χ3n) is 5.52. The summed E-state index contributed by atoms with van der Waals surface area (Å²) in [7, 11) is 0.782. The van der Waals surface area contributed by atoms with Crippen molar-refractivity contribution in [1.82, 2.24) is 0 Å². The summed E-state index contributed by atoms with van der Waals surface area (Å²) in [5.41, 5.74) is 5.95. The van der Waals surface area contributed by atoms with Crippen molar-refractivity contribution < 1.29 is 47.5 Å². The predicted octanol–water partition coefficient (Wildman–Crippen LogP) is 1.45. The van der Waals surface area contributed by atoms with E-state index in [1.54, 1.807) is 30.3 Å². The standard InChI is InChI=1S/C16H12P.C8H12P.2ClH.Zr/c1-3-7-13(8-4-1)15-11-12-16(17-15)14-9-5-2-6-10-14;1-5-6(2)8(4)9-7(5)3;;;/h1-11,17H;1-4H3;2*1H;/q;-1;;;+3/p-2. The molecule has 0 aliphatic carbocycles. The number of halogens is 2. The minimum Gasteiger partial charge on any atom is -1.00 e. The van der Waals surface area contributed by atoms with Gasteiger partial charge in [-0.05, 0) is 0 Å². The van der Waals surface area contributed by atoms with E-state index in [1.165, 1.54) is 16.4 Å². The molecule has 4 rings (SSSR count). The van der Waals surface area contributed by atoms with Crippen molar-refractivity contribution in [2.75, 3.05) is 0 Å². The molecule has 0 fully saturated rings. The van der Waals surface area contributed by atoms with Crippen LogP contribution in [-0.2, 0) is 22.7 Å². The number of benzene rings is 2. The zero-order valence-corrected chi connectivity index (χ0v) is 22.9. The predicted molar refractivity (Wildman–Crippen MR) is 120 cm³/mol. The molecule has 148 valence electrons. The second kappa shape index (κ2) is 10.7. The molecule has 0 saturated carbocycles. The summed E-state index contributed by atoms with van der Waals surface area (Å²) >= 11 is -0.708. The Bertz CT molecular complexity index is 1060. The van der Waals surface area contributed by atoms with Gasteiger partial charge < -0.3 is 24.8 Å². The van der Waals surface area contributed by atoms with Crippen LogP contribution >= 0.6 is 13.0 Å². The summed E-state index contributed by atoms with van der Waals surface area (Å²) in [5, 5.41) is 6.52. The van der Waals surface area contributed by atoms with Crippen molar-refractivity contribution in [2.45, 2.75) is 27.7 Å². The van der Waals surface area contributed by atoms with Gasteiger partial charge in [-0.15, -0.1) is 0 Å². The van der Waals surface area contributed by atoms with E-state index in [-0.39, 0.29) is 29.6 Å². The van der Waals surface area contributed by atoms with Crippen LogP contribution in [0.15, 0.2) is 66.7 Å². The molecule has 0 amide bonds.